The summed E-state index contributed by atoms with van der Waals surface area (Å²) in [6.07, 6.45) is 4.12. The molecule has 0 radical (unpaired) electrons. The third-order valence-corrected chi connectivity index (χ3v) is 1.10. The molecule has 0 fully saturated rings. The van der Waals surface area contributed by atoms with E-state index in [-0.39, 0.29) is 4.70 Å². The summed E-state index contributed by atoms with van der Waals surface area (Å²) in [6.45, 7) is 2.22. The van der Waals surface area contributed by atoms with E-state index < -0.39 is 0 Å². The van der Waals surface area contributed by atoms with Crippen LogP contribution in [0, 0.1) is 0 Å². The second-order valence-corrected chi connectivity index (χ2v) is 1.91. The Labute approximate surface area is 40.9 Å². The van der Waals surface area contributed by atoms with Gasteiger partial charge in [0.2, 0.25) is 0 Å². The molecule has 0 saturated heterocycles. The minimum absolute atomic E-state index is 0. The van der Waals surface area contributed by atoms with E-state index in [0.717, 1.165) is 0 Å². The molecule has 0 aromatic heterocycles. The number of unbranched alkanes of at least 4 members (excludes halogenated alkanes) is 1. The van der Waals surface area contributed by atoms with Crippen LogP contribution < -0.4 is 4.70 Å². The summed E-state index contributed by atoms with van der Waals surface area (Å²) in [4.78, 5) is 0. The van der Waals surface area contributed by atoms with Crippen LogP contribution in [0.4, 0.5) is 0 Å². The Morgan fingerprint density at radius 3 is 2.00 bits per heavy atom. The Hall–Kier alpha value is 0.360. The van der Waals surface area contributed by atoms with Gasteiger partial charge in [0.05, 0.1) is 6.16 Å². The summed E-state index contributed by atoms with van der Waals surface area (Å²) in [6, 6.07) is 0. The maximum absolute atomic E-state index is 2.22. The first-order valence-electron chi connectivity index (χ1n) is 2.21. The average Bonchev–Trinajstić information content (AvgIpc) is 1.41. The maximum atomic E-state index is 2.22. The topological polar surface area (TPSA) is 0 Å². The van der Waals surface area contributed by atoms with Crippen LogP contribution in [-0.4, -0.2) is 6.16 Å². The lowest BCUT2D eigenvalue weighted by atomic mass is 10.4. The molecule has 0 spiro atoms. The summed E-state index contributed by atoms with van der Waals surface area (Å²) < 4.78 is 0. The van der Waals surface area contributed by atoms with Crippen LogP contribution >= 0.6 is 9.24 Å². The van der Waals surface area contributed by atoms with Gasteiger partial charge in [0, 0.05) is 0 Å². The summed E-state index contributed by atoms with van der Waals surface area (Å²) in [5, 5.41) is 0. The van der Waals surface area contributed by atoms with Crippen LogP contribution in [0.3, 0.4) is 0 Å². The van der Waals surface area contributed by atoms with Crippen molar-refractivity contribution in [3.8, 4) is 0 Å². The highest BCUT2D eigenvalue weighted by molar-refractivity contribution is 7.16. The van der Waals surface area contributed by atoms with Gasteiger partial charge in [-0.2, -0.15) is 0 Å². The van der Waals surface area contributed by atoms with E-state index in [1.165, 1.54) is 19.0 Å². The van der Waals surface area contributed by atoms with Gasteiger partial charge in [0.15, 0.2) is 0 Å². The monoisotopic (exact) mass is 110 g/mol. The third kappa shape index (κ3) is 8.84. The average molecular weight is 110 g/mol. The normalized spacial score (nSPS) is 7.50. The Bertz CT molecular complexity index is 15.0. The highest BCUT2D eigenvalue weighted by Crippen LogP contribution is 1.89. The largest absolute Gasteiger partial charge is 1.00 e. The Morgan fingerprint density at radius 2 is 2.00 bits per heavy atom. The van der Waals surface area contributed by atoms with Gasteiger partial charge < -0.3 is 4.70 Å². The molecule has 0 amide bonds. The second-order valence-electron chi connectivity index (χ2n) is 1.21. The minimum Gasteiger partial charge on any atom is -1.00 e. The second kappa shape index (κ2) is 9.03. The van der Waals surface area contributed by atoms with Crippen LogP contribution in [0.1, 0.15) is 19.8 Å². The molecular formula is C4H12FP. The van der Waals surface area contributed by atoms with Crippen molar-refractivity contribution < 1.29 is 4.70 Å². The van der Waals surface area contributed by atoms with Gasteiger partial charge in [-0.1, -0.05) is 13.3 Å². The quantitative estimate of drug-likeness (QED) is 0.375. The van der Waals surface area contributed by atoms with Gasteiger partial charge in [-0.25, -0.2) is 0 Å². The fourth-order valence-electron chi connectivity index (χ4n) is 0.250. The molecule has 0 aliphatic rings. The van der Waals surface area contributed by atoms with Crippen LogP contribution in [0.5, 0.6) is 0 Å². The summed E-state index contributed by atoms with van der Waals surface area (Å²) in [5.41, 5.74) is 0. The number of hydrogen-bond donors (Lipinski definition) is 0. The SMILES string of the molecule is CCCC[PH3+].[F-]. The van der Waals surface area contributed by atoms with Crippen molar-refractivity contribution in [3.05, 3.63) is 0 Å². The van der Waals surface area contributed by atoms with Crippen LogP contribution in [0.2, 0.25) is 0 Å². The van der Waals surface area contributed by atoms with Gasteiger partial charge in [-0.3, -0.25) is 0 Å². The molecule has 0 aromatic carbocycles. The zero-order valence-electron chi connectivity index (χ0n) is 4.21. The molecule has 1 atom stereocenters. The molecule has 0 bridgehead atoms. The first-order valence-corrected chi connectivity index (χ1v) is 3.21. The summed E-state index contributed by atoms with van der Waals surface area (Å²) >= 11 is 0. The van der Waals surface area contributed by atoms with Crippen molar-refractivity contribution in [1.29, 1.82) is 0 Å². The van der Waals surface area contributed by atoms with E-state index in [1.54, 1.807) is 0 Å². The Morgan fingerprint density at radius 1 is 1.50 bits per heavy atom. The molecular weight excluding hydrogens is 98.0 g/mol. The molecule has 0 N–H and O–H groups in total. The molecule has 6 heavy (non-hydrogen) atoms. The van der Waals surface area contributed by atoms with E-state index in [1.807, 2.05) is 9.24 Å². The van der Waals surface area contributed by atoms with E-state index >= 15 is 0 Å². The molecule has 1 unspecified atom stereocenters. The smallest absolute Gasteiger partial charge is 0.0526 e. The highest BCUT2D eigenvalue weighted by atomic mass is 31.0. The molecule has 40 valence electrons. The molecule has 0 saturated carbocycles. The predicted molar refractivity (Wildman–Crippen MR) is 30.9 cm³/mol. The number of hydrogen-bond acceptors (Lipinski definition) is 0. The number of rotatable bonds is 2. The summed E-state index contributed by atoms with van der Waals surface area (Å²) in [7, 11) is 2.05. The predicted octanol–water partition coefficient (Wildman–Crippen LogP) is -1.60. The minimum atomic E-state index is 0. The molecule has 0 heterocycles. The fraction of sp³-hybridized carbons (Fsp3) is 1.00. The van der Waals surface area contributed by atoms with E-state index in [4.69, 9.17) is 0 Å². The van der Waals surface area contributed by atoms with Crippen molar-refractivity contribution in [2.24, 2.45) is 0 Å². The Kier molecular flexibility index (Phi) is 14.5. The van der Waals surface area contributed by atoms with Crippen molar-refractivity contribution in [2.45, 2.75) is 19.8 Å². The first-order chi connectivity index (χ1) is 2.41. The van der Waals surface area contributed by atoms with Crippen molar-refractivity contribution in [3.63, 3.8) is 0 Å². The molecule has 0 aliphatic carbocycles. The Balaban J connectivity index is 0. The van der Waals surface area contributed by atoms with Gasteiger partial charge in [0.25, 0.3) is 0 Å². The molecule has 0 nitrogen and oxygen atoms in total. The van der Waals surface area contributed by atoms with Crippen LogP contribution in [-0.2, 0) is 0 Å². The van der Waals surface area contributed by atoms with Crippen molar-refractivity contribution in [2.75, 3.05) is 6.16 Å². The number of halogens is 1. The highest BCUT2D eigenvalue weighted by Gasteiger charge is 1.72. The van der Waals surface area contributed by atoms with Gasteiger partial charge in [0.1, 0.15) is 0 Å². The standard InChI is InChI=1S/C4H11P.FH/c1-2-3-4-5;/h2-5H2,1H3;1H. The van der Waals surface area contributed by atoms with E-state index in [0.29, 0.717) is 0 Å². The van der Waals surface area contributed by atoms with Crippen molar-refractivity contribution >= 4 is 9.24 Å². The fourth-order valence-corrected chi connectivity index (χ4v) is 0.750. The van der Waals surface area contributed by atoms with Crippen LogP contribution in [0.15, 0.2) is 0 Å². The first kappa shape index (κ1) is 9.61. The lowest BCUT2D eigenvalue weighted by molar-refractivity contribution is -0.00000109. The van der Waals surface area contributed by atoms with Gasteiger partial charge >= 0.3 is 0 Å². The maximum Gasteiger partial charge on any atom is 0.0526 e. The zero-order chi connectivity index (χ0) is 4.12. The van der Waals surface area contributed by atoms with Crippen molar-refractivity contribution in [1.82, 2.24) is 0 Å². The van der Waals surface area contributed by atoms with Crippen LogP contribution in [0.25, 0.3) is 0 Å². The van der Waals surface area contributed by atoms with E-state index in [2.05, 4.69) is 6.92 Å². The molecule has 0 aliphatic heterocycles. The summed E-state index contributed by atoms with van der Waals surface area (Å²) in [5.74, 6) is 0. The zero-order valence-corrected chi connectivity index (χ0v) is 5.62. The van der Waals surface area contributed by atoms with Gasteiger partial charge in [-0.05, 0) is 15.7 Å². The van der Waals surface area contributed by atoms with E-state index in [9.17, 15) is 0 Å². The molecule has 0 rings (SSSR count). The lowest BCUT2D eigenvalue weighted by Crippen LogP contribution is -3.00. The van der Waals surface area contributed by atoms with Gasteiger partial charge in [-0.15, -0.1) is 0 Å². The molecule has 0 aromatic rings. The lowest BCUT2D eigenvalue weighted by Gasteiger charge is -1.75. The molecule has 2 heteroatoms. The third-order valence-electron chi connectivity index (χ3n) is 0.604.